The first-order valence-electron chi connectivity index (χ1n) is 8.54. The lowest BCUT2D eigenvalue weighted by atomic mass is 10.0. The van der Waals surface area contributed by atoms with Gasteiger partial charge in [-0.15, -0.1) is 11.8 Å². The average molecular weight is 327 g/mol. The predicted molar refractivity (Wildman–Crippen MR) is 106 cm³/mol. The zero-order valence-electron chi connectivity index (χ0n) is 14.2. The second kappa shape index (κ2) is 6.94. The van der Waals surface area contributed by atoms with E-state index in [0.717, 1.165) is 27.2 Å². The van der Waals surface area contributed by atoms with Crippen LogP contribution in [0, 0.1) is 0 Å². The summed E-state index contributed by atoms with van der Waals surface area (Å²) < 4.78 is 9.17. The van der Waals surface area contributed by atoms with E-state index in [2.05, 4.69) is 36.4 Å². The van der Waals surface area contributed by atoms with Crippen molar-refractivity contribution in [3.8, 4) is 0 Å². The standard InChI is InChI=1S/C23H18S/c1-4-10-18(11-5-1)21-16-22(19-12-6-2-7-13-19)24-23(17-21)20-14-8-3-9-15-20/h1-17,22H/i22D. The van der Waals surface area contributed by atoms with E-state index in [-0.39, 0.29) is 0 Å². The monoisotopic (exact) mass is 327 g/mol. The quantitative estimate of drug-likeness (QED) is 0.522. The van der Waals surface area contributed by atoms with Crippen molar-refractivity contribution in [3.05, 3.63) is 120 Å². The van der Waals surface area contributed by atoms with Crippen molar-refractivity contribution >= 4 is 22.2 Å². The van der Waals surface area contributed by atoms with Gasteiger partial charge in [0.2, 0.25) is 0 Å². The van der Waals surface area contributed by atoms with Gasteiger partial charge < -0.3 is 0 Å². The summed E-state index contributed by atoms with van der Waals surface area (Å²) in [4.78, 5) is 1.13. The lowest BCUT2D eigenvalue weighted by Crippen LogP contribution is -1.98. The Kier molecular flexibility index (Phi) is 4.02. The summed E-state index contributed by atoms with van der Waals surface area (Å²) in [5.74, 6) is 0. The summed E-state index contributed by atoms with van der Waals surface area (Å²) in [6.07, 6.45) is 4.26. The first-order chi connectivity index (χ1) is 12.2. The van der Waals surface area contributed by atoms with E-state index in [0.29, 0.717) is 0 Å². The van der Waals surface area contributed by atoms with E-state index in [1.54, 1.807) is 11.8 Å². The van der Waals surface area contributed by atoms with Gasteiger partial charge in [0, 0.05) is 4.91 Å². The minimum Gasteiger partial charge on any atom is -0.113 e. The van der Waals surface area contributed by atoms with Crippen LogP contribution in [-0.4, -0.2) is 0 Å². The van der Waals surface area contributed by atoms with Crippen LogP contribution in [0.25, 0.3) is 10.5 Å². The van der Waals surface area contributed by atoms with Crippen molar-refractivity contribution in [2.24, 2.45) is 0 Å². The van der Waals surface area contributed by atoms with Crippen LogP contribution in [0.2, 0.25) is 0 Å². The van der Waals surface area contributed by atoms with Gasteiger partial charge in [0.05, 0.1) is 6.60 Å². The number of benzene rings is 3. The molecule has 0 N–H and O–H groups in total. The molecule has 3 aromatic rings. The molecule has 1 aliphatic rings. The third kappa shape index (κ3) is 3.22. The average Bonchev–Trinajstić information content (AvgIpc) is 2.70. The van der Waals surface area contributed by atoms with E-state index >= 15 is 0 Å². The summed E-state index contributed by atoms with van der Waals surface area (Å²) in [6.45, 7) is 0. The van der Waals surface area contributed by atoms with Crippen molar-refractivity contribution < 1.29 is 1.37 Å². The molecule has 0 saturated carbocycles. The molecule has 0 aliphatic carbocycles. The smallest absolute Gasteiger partial charge is 0.0533 e. The molecular formula is C23H18S. The van der Waals surface area contributed by atoms with Gasteiger partial charge in [-0.3, -0.25) is 0 Å². The Morgan fingerprint density at radius 2 is 1.21 bits per heavy atom. The lowest BCUT2D eigenvalue weighted by Gasteiger charge is -2.22. The second-order valence-corrected chi connectivity index (χ2v) is 6.76. The molecular weight excluding hydrogens is 308 g/mol. The summed E-state index contributed by atoms with van der Waals surface area (Å²) in [5.41, 5.74) is 4.39. The van der Waals surface area contributed by atoms with Gasteiger partial charge in [0.1, 0.15) is 0 Å². The van der Waals surface area contributed by atoms with Crippen molar-refractivity contribution in [1.29, 1.82) is 0 Å². The molecule has 0 radical (unpaired) electrons. The number of thioether (sulfide) groups is 1. The minimum absolute atomic E-state index is 0.841. The summed E-state index contributed by atoms with van der Waals surface area (Å²) in [6, 6.07) is 30.7. The van der Waals surface area contributed by atoms with Gasteiger partial charge in [-0.2, -0.15) is 0 Å². The molecule has 1 aliphatic heterocycles. The van der Waals surface area contributed by atoms with Gasteiger partial charge in [-0.25, -0.2) is 0 Å². The Morgan fingerprint density at radius 3 is 1.83 bits per heavy atom. The maximum atomic E-state index is 9.17. The molecule has 24 heavy (non-hydrogen) atoms. The van der Waals surface area contributed by atoms with Crippen molar-refractivity contribution in [1.82, 2.24) is 0 Å². The molecule has 0 saturated heterocycles. The number of hydrogen-bond donors (Lipinski definition) is 0. The second-order valence-electron chi connectivity index (χ2n) is 5.67. The number of rotatable bonds is 3. The van der Waals surface area contributed by atoms with Gasteiger partial charge in [-0.1, -0.05) is 97.1 Å². The molecule has 0 amide bonds. The molecule has 4 rings (SSSR count). The van der Waals surface area contributed by atoms with Crippen LogP contribution in [0.3, 0.4) is 0 Å². The molecule has 3 aromatic carbocycles. The predicted octanol–water partition coefficient (Wildman–Crippen LogP) is 6.60. The molecule has 116 valence electrons. The Hall–Kier alpha value is -2.51. The molecule has 0 bridgehead atoms. The Labute approximate surface area is 149 Å². The number of hydrogen-bond acceptors (Lipinski definition) is 1. The molecule has 0 fully saturated rings. The van der Waals surface area contributed by atoms with E-state index in [1.165, 1.54) is 0 Å². The molecule has 0 spiro atoms. The highest BCUT2D eigenvalue weighted by Crippen LogP contribution is 2.46. The summed E-state index contributed by atoms with van der Waals surface area (Å²) in [7, 11) is 0. The minimum atomic E-state index is -0.841. The normalized spacial score (nSPS) is 20.8. The van der Waals surface area contributed by atoms with Gasteiger partial charge in [-0.05, 0) is 28.3 Å². The fraction of sp³-hybridized carbons (Fsp3) is 0.0435. The largest absolute Gasteiger partial charge is 0.113 e. The maximum Gasteiger partial charge on any atom is 0.0533 e. The summed E-state index contributed by atoms with van der Waals surface area (Å²) in [5, 5.41) is -0.841. The molecule has 0 nitrogen and oxygen atoms in total. The first-order valence-corrected chi connectivity index (χ1v) is 8.86. The zero-order chi connectivity index (χ0) is 17.1. The Bertz CT molecular complexity index is 914. The topological polar surface area (TPSA) is 0 Å². The zero-order valence-corrected chi connectivity index (χ0v) is 14.0. The number of allylic oxidation sites excluding steroid dienone is 2. The molecule has 1 heterocycles. The highest BCUT2D eigenvalue weighted by molar-refractivity contribution is 8.08. The Morgan fingerprint density at radius 1 is 0.667 bits per heavy atom. The van der Waals surface area contributed by atoms with Crippen molar-refractivity contribution in [2.45, 2.75) is 5.23 Å². The fourth-order valence-corrected chi connectivity index (χ4v) is 3.90. The van der Waals surface area contributed by atoms with Crippen LogP contribution in [0.5, 0.6) is 0 Å². The van der Waals surface area contributed by atoms with E-state index in [9.17, 15) is 0 Å². The maximum absolute atomic E-state index is 9.17. The molecule has 1 atom stereocenters. The van der Waals surface area contributed by atoms with Crippen LogP contribution >= 0.6 is 11.8 Å². The third-order valence-corrected chi connectivity index (χ3v) is 5.16. The first kappa shape index (κ1) is 13.9. The van der Waals surface area contributed by atoms with E-state index in [1.807, 2.05) is 66.7 Å². The highest BCUT2D eigenvalue weighted by atomic mass is 32.2. The van der Waals surface area contributed by atoms with Gasteiger partial charge in [0.15, 0.2) is 0 Å². The highest BCUT2D eigenvalue weighted by Gasteiger charge is 2.19. The van der Waals surface area contributed by atoms with E-state index < -0.39 is 5.23 Å². The molecule has 0 aromatic heterocycles. The van der Waals surface area contributed by atoms with Gasteiger partial charge in [0.25, 0.3) is 0 Å². The van der Waals surface area contributed by atoms with Crippen LogP contribution in [0.15, 0.2) is 103 Å². The van der Waals surface area contributed by atoms with Crippen LogP contribution in [0.4, 0.5) is 0 Å². The molecule has 1 heteroatoms. The van der Waals surface area contributed by atoms with Crippen LogP contribution in [-0.2, 0) is 0 Å². The van der Waals surface area contributed by atoms with Crippen molar-refractivity contribution in [2.75, 3.05) is 0 Å². The van der Waals surface area contributed by atoms with Crippen LogP contribution in [0.1, 0.15) is 23.3 Å². The summed E-state index contributed by atoms with van der Waals surface area (Å²) >= 11 is 1.59. The fourth-order valence-electron chi connectivity index (χ4n) is 2.79. The van der Waals surface area contributed by atoms with Crippen LogP contribution < -0.4 is 0 Å². The lowest BCUT2D eigenvalue weighted by molar-refractivity contribution is 1.23. The van der Waals surface area contributed by atoms with Gasteiger partial charge >= 0.3 is 0 Å². The molecule has 1 unspecified atom stereocenters. The SMILES string of the molecule is [2H]C1(c2ccccc2)C=C(c2ccccc2)C=C(c2ccccc2)S1. The van der Waals surface area contributed by atoms with Crippen molar-refractivity contribution in [3.63, 3.8) is 0 Å². The Balaban J connectivity index is 1.85. The third-order valence-electron chi connectivity index (χ3n) is 4.02. The van der Waals surface area contributed by atoms with E-state index in [4.69, 9.17) is 1.37 Å².